The third-order valence-electron chi connectivity index (χ3n) is 4.60. The minimum Gasteiger partial charge on any atom is -0.357 e. The summed E-state index contributed by atoms with van der Waals surface area (Å²) in [6.07, 6.45) is 3.56. The van der Waals surface area contributed by atoms with Crippen molar-refractivity contribution >= 4 is 17.4 Å². The van der Waals surface area contributed by atoms with Crippen LogP contribution in [0.2, 0.25) is 0 Å². The van der Waals surface area contributed by atoms with Crippen LogP contribution in [0.4, 0.5) is 11.5 Å². The van der Waals surface area contributed by atoms with Gasteiger partial charge in [-0.3, -0.25) is 4.79 Å². The molecule has 1 saturated carbocycles. The van der Waals surface area contributed by atoms with Crippen LogP contribution in [0, 0.1) is 0 Å². The number of amides is 1. The van der Waals surface area contributed by atoms with Gasteiger partial charge in [0, 0.05) is 13.1 Å². The maximum Gasteiger partial charge on any atom is 0.235 e. The van der Waals surface area contributed by atoms with E-state index < -0.39 is 0 Å². The summed E-state index contributed by atoms with van der Waals surface area (Å²) >= 11 is 0. The summed E-state index contributed by atoms with van der Waals surface area (Å²) in [6.45, 7) is 6.06. The molecule has 4 nitrogen and oxygen atoms in total. The second-order valence-electron chi connectivity index (χ2n) is 5.98. The molecule has 1 heterocycles. The van der Waals surface area contributed by atoms with Crippen molar-refractivity contribution in [2.75, 3.05) is 23.3 Å². The van der Waals surface area contributed by atoms with Gasteiger partial charge in [-0.05, 0) is 44.4 Å². The predicted molar refractivity (Wildman–Crippen MR) is 93.8 cm³/mol. The van der Waals surface area contributed by atoms with Crippen molar-refractivity contribution < 1.29 is 4.79 Å². The van der Waals surface area contributed by atoms with Crippen LogP contribution in [0.5, 0.6) is 0 Å². The normalized spacial score (nSPS) is 15.0. The van der Waals surface area contributed by atoms with Gasteiger partial charge in [-0.2, -0.15) is 0 Å². The van der Waals surface area contributed by atoms with Gasteiger partial charge in [0.25, 0.3) is 0 Å². The second kappa shape index (κ2) is 6.41. The highest BCUT2D eigenvalue weighted by Crippen LogP contribution is 2.48. The average Bonchev–Trinajstić information content (AvgIpc) is 3.40. The molecule has 1 fully saturated rings. The monoisotopic (exact) mass is 309 g/mol. The van der Waals surface area contributed by atoms with Crippen LogP contribution >= 0.6 is 0 Å². The molecule has 2 aromatic rings. The molecular weight excluding hydrogens is 286 g/mol. The van der Waals surface area contributed by atoms with Crippen LogP contribution in [0.15, 0.2) is 48.7 Å². The van der Waals surface area contributed by atoms with E-state index in [1.54, 1.807) is 6.20 Å². The smallest absolute Gasteiger partial charge is 0.235 e. The number of hydrogen-bond acceptors (Lipinski definition) is 3. The lowest BCUT2D eigenvalue weighted by Gasteiger charge is -2.20. The number of benzene rings is 1. The second-order valence-corrected chi connectivity index (χ2v) is 5.98. The lowest BCUT2D eigenvalue weighted by molar-refractivity contribution is -0.118. The van der Waals surface area contributed by atoms with Crippen molar-refractivity contribution in [2.24, 2.45) is 0 Å². The van der Waals surface area contributed by atoms with E-state index in [1.165, 1.54) is 0 Å². The SMILES string of the molecule is CCN(CC)c1ccc(NC(=O)C2(c3ccccc3)CC2)cn1. The fraction of sp³-hybridized carbons (Fsp3) is 0.368. The van der Waals surface area contributed by atoms with Gasteiger partial charge in [0.1, 0.15) is 5.82 Å². The topological polar surface area (TPSA) is 45.2 Å². The average molecular weight is 309 g/mol. The van der Waals surface area contributed by atoms with E-state index in [0.717, 1.165) is 43.0 Å². The molecule has 23 heavy (non-hydrogen) atoms. The molecule has 1 amide bonds. The van der Waals surface area contributed by atoms with Gasteiger partial charge in [0.15, 0.2) is 0 Å². The standard InChI is InChI=1S/C19H23N3O/c1-3-22(4-2)17-11-10-16(14-20-17)21-18(23)19(12-13-19)15-8-6-5-7-9-15/h5-11,14H,3-4,12-13H2,1-2H3,(H,21,23). The summed E-state index contributed by atoms with van der Waals surface area (Å²) in [5.74, 6) is 1.01. The Bertz CT molecular complexity index is 659. The molecular formula is C19H23N3O. The molecule has 120 valence electrons. The molecule has 1 aliphatic rings. The van der Waals surface area contributed by atoms with E-state index >= 15 is 0 Å². The number of nitrogens with zero attached hydrogens (tertiary/aromatic N) is 2. The van der Waals surface area contributed by atoms with Gasteiger partial charge in [0.05, 0.1) is 17.3 Å². The zero-order valence-electron chi connectivity index (χ0n) is 13.7. The Labute approximate surface area is 137 Å². The Morgan fingerprint density at radius 1 is 1.13 bits per heavy atom. The number of carbonyl (C=O) groups excluding carboxylic acids is 1. The molecule has 1 aromatic heterocycles. The molecule has 3 rings (SSSR count). The van der Waals surface area contributed by atoms with Crippen molar-refractivity contribution in [3.05, 3.63) is 54.2 Å². The Balaban J connectivity index is 1.71. The van der Waals surface area contributed by atoms with Crippen molar-refractivity contribution in [1.29, 1.82) is 0 Å². The fourth-order valence-corrected chi connectivity index (χ4v) is 2.97. The van der Waals surface area contributed by atoms with Gasteiger partial charge in [-0.1, -0.05) is 30.3 Å². The fourth-order valence-electron chi connectivity index (χ4n) is 2.97. The van der Waals surface area contributed by atoms with E-state index in [-0.39, 0.29) is 11.3 Å². The summed E-state index contributed by atoms with van der Waals surface area (Å²) in [5, 5.41) is 3.03. The molecule has 0 saturated heterocycles. The number of nitrogens with one attached hydrogen (secondary N) is 1. The van der Waals surface area contributed by atoms with Crippen molar-refractivity contribution in [2.45, 2.75) is 32.1 Å². The van der Waals surface area contributed by atoms with E-state index in [9.17, 15) is 4.79 Å². The lowest BCUT2D eigenvalue weighted by atomic mass is 9.95. The Hall–Kier alpha value is -2.36. The highest BCUT2D eigenvalue weighted by Gasteiger charge is 2.51. The van der Waals surface area contributed by atoms with Crippen LogP contribution < -0.4 is 10.2 Å². The maximum absolute atomic E-state index is 12.7. The lowest BCUT2D eigenvalue weighted by Crippen LogP contribution is -2.28. The first kappa shape index (κ1) is 15.5. The molecule has 4 heteroatoms. The minimum atomic E-state index is -0.348. The highest BCUT2D eigenvalue weighted by molar-refractivity contribution is 6.01. The first-order valence-corrected chi connectivity index (χ1v) is 8.27. The van der Waals surface area contributed by atoms with Crippen LogP contribution in [-0.2, 0) is 10.2 Å². The van der Waals surface area contributed by atoms with Gasteiger partial charge in [-0.15, -0.1) is 0 Å². The molecule has 0 spiro atoms. The van der Waals surface area contributed by atoms with Gasteiger partial charge in [-0.25, -0.2) is 4.98 Å². The summed E-state index contributed by atoms with van der Waals surface area (Å²) in [7, 11) is 0. The molecule has 1 aliphatic carbocycles. The molecule has 0 unspecified atom stereocenters. The van der Waals surface area contributed by atoms with E-state index in [0.29, 0.717) is 0 Å². The summed E-state index contributed by atoms with van der Waals surface area (Å²) in [4.78, 5) is 19.3. The van der Waals surface area contributed by atoms with Crippen molar-refractivity contribution in [1.82, 2.24) is 4.98 Å². The molecule has 0 bridgehead atoms. The number of aromatic nitrogens is 1. The molecule has 1 aromatic carbocycles. The predicted octanol–water partition coefficient (Wildman–Crippen LogP) is 3.60. The van der Waals surface area contributed by atoms with Crippen LogP contribution in [-0.4, -0.2) is 24.0 Å². The number of carbonyl (C=O) groups is 1. The molecule has 0 aliphatic heterocycles. The number of rotatable bonds is 6. The number of hydrogen-bond donors (Lipinski definition) is 1. The summed E-state index contributed by atoms with van der Waals surface area (Å²) in [5.41, 5.74) is 1.51. The molecule has 1 N–H and O–H groups in total. The van der Waals surface area contributed by atoms with E-state index in [1.807, 2.05) is 42.5 Å². The Kier molecular flexibility index (Phi) is 4.33. The third kappa shape index (κ3) is 3.07. The number of anilines is 2. The molecule has 0 atom stereocenters. The number of pyridine rings is 1. The van der Waals surface area contributed by atoms with E-state index in [4.69, 9.17) is 0 Å². The third-order valence-corrected chi connectivity index (χ3v) is 4.60. The van der Waals surface area contributed by atoms with Crippen molar-refractivity contribution in [3.8, 4) is 0 Å². The largest absolute Gasteiger partial charge is 0.357 e. The molecule has 0 radical (unpaired) electrons. The maximum atomic E-state index is 12.7. The van der Waals surface area contributed by atoms with E-state index in [2.05, 4.69) is 29.0 Å². The van der Waals surface area contributed by atoms with Crippen LogP contribution in [0.1, 0.15) is 32.3 Å². The minimum absolute atomic E-state index is 0.0705. The highest BCUT2D eigenvalue weighted by atomic mass is 16.2. The van der Waals surface area contributed by atoms with Gasteiger partial charge >= 0.3 is 0 Å². The van der Waals surface area contributed by atoms with Gasteiger partial charge < -0.3 is 10.2 Å². The Morgan fingerprint density at radius 3 is 2.35 bits per heavy atom. The quantitative estimate of drug-likeness (QED) is 0.887. The van der Waals surface area contributed by atoms with Crippen molar-refractivity contribution in [3.63, 3.8) is 0 Å². The summed E-state index contributed by atoms with van der Waals surface area (Å²) in [6, 6.07) is 13.9. The summed E-state index contributed by atoms with van der Waals surface area (Å²) < 4.78 is 0. The first-order chi connectivity index (χ1) is 11.2. The zero-order valence-corrected chi connectivity index (χ0v) is 13.7. The zero-order chi connectivity index (χ0) is 16.3. The van der Waals surface area contributed by atoms with Gasteiger partial charge in [0.2, 0.25) is 5.91 Å². The first-order valence-electron chi connectivity index (χ1n) is 8.27. The van der Waals surface area contributed by atoms with Crippen LogP contribution in [0.3, 0.4) is 0 Å². The van der Waals surface area contributed by atoms with Crippen LogP contribution in [0.25, 0.3) is 0 Å². The Morgan fingerprint density at radius 2 is 1.83 bits per heavy atom.